The molecule has 2 bridgehead atoms. The second-order valence-corrected chi connectivity index (χ2v) is 5.44. The summed E-state index contributed by atoms with van der Waals surface area (Å²) in [6.45, 7) is 6.61. The molecule has 2 heterocycles. The van der Waals surface area contributed by atoms with Crippen LogP contribution in [0.25, 0.3) is 0 Å². The molecule has 2 aliphatic rings. The maximum atomic E-state index is 9.10. The molecule has 0 amide bonds. The number of morpholine rings is 1. The van der Waals surface area contributed by atoms with E-state index in [0.29, 0.717) is 0 Å². The van der Waals surface area contributed by atoms with Crippen molar-refractivity contribution in [1.82, 2.24) is 4.90 Å². The van der Waals surface area contributed by atoms with Gasteiger partial charge in [0.05, 0.1) is 12.2 Å². The maximum absolute atomic E-state index is 9.10. The van der Waals surface area contributed by atoms with E-state index in [-0.39, 0.29) is 12.2 Å². The van der Waals surface area contributed by atoms with E-state index in [9.17, 15) is 0 Å². The van der Waals surface area contributed by atoms with E-state index in [1.54, 1.807) is 0 Å². The van der Waals surface area contributed by atoms with Crippen molar-refractivity contribution in [2.45, 2.75) is 12.2 Å². The molecule has 2 unspecified atom stereocenters. The second kappa shape index (κ2) is 6.91. The topological polar surface area (TPSA) is 87.1 Å². The molecule has 2 aliphatic heterocycles. The molecule has 0 aliphatic carbocycles. The van der Waals surface area contributed by atoms with Crippen molar-refractivity contribution < 1.29 is 24.5 Å². The minimum atomic E-state index is -1.82. The lowest BCUT2D eigenvalue weighted by Gasteiger charge is -2.31. The Morgan fingerprint density at radius 2 is 1.86 bits per heavy atom. The number of benzene rings is 1. The summed E-state index contributed by atoms with van der Waals surface area (Å²) in [5.74, 6) is -3.65. The standard InChI is InChI=1S/C13H14ClNO.C2H2O4/c1-2-5-15-7-12-10-4-3-9(14)6-11(10)13(8-15)16-12;3-1(4)2(5)6/h2-4,6,12-13H,1,5,7-8H2;(H,3,4)(H,5,6). The fraction of sp³-hybridized carbons (Fsp3) is 0.333. The van der Waals surface area contributed by atoms with Crippen molar-refractivity contribution in [1.29, 1.82) is 0 Å². The highest BCUT2D eigenvalue weighted by molar-refractivity contribution is 6.30. The van der Waals surface area contributed by atoms with Crippen LogP contribution in [0.4, 0.5) is 0 Å². The molecule has 2 N–H and O–H groups in total. The quantitative estimate of drug-likeness (QED) is 0.639. The van der Waals surface area contributed by atoms with Gasteiger partial charge in [-0.3, -0.25) is 4.90 Å². The van der Waals surface area contributed by atoms with E-state index in [1.807, 2.05) is 18.2 Å². The number of hydrogen-bond donors (Lipinski definition) is 2. The van der Waals surface area contributed by atoms with E-state index in [1.165, 1.54) is 11.1 Å². The van der Waals surface area contributed by atoms with Crippen LogP contribution in [-0.4, -0.2) is 46.7 Å². The third-order valence-corrected chi connectivity index (χ3v) is 3.72. The van der Waals surface area contributed by atoms with Crippen LogP contribution in [0.5, 0.6) is 0 Å². The fourth-order valence-electron chi connectivity index (χ4n) is 2.62. The zero-order valence-electron chi connectivity index (χ0n) is 11.7. The first kappa shape index (κ1) is 16.5. The number of ether oxygens (including phenoxy) is 1. The molecule has 1 aromatic carbocycles. The first-order valence-corrected chi connectivity index (χ1v) is 7.04. The minimum absolute atomic E-state index is 0.187. The average molecular weight is 326 g/mol. The molecule has 2 atom stereocenters. The van der Waals surface area contributed by atoms with Crippen LogP contribution in [0.2, 0.25) is 5.02 Å². The number of carboxylic acids is 2. The summed E-state index contributed by atoms with van der Waals surface area (Å²) in [4.78, 5) is 20.6. The summed E-state index contributed by atoms with van der Waals surface area (Å²) in [6.07, 6.45) is 2.35. The summed E-state index contributed by atoms with van der Waals surface area (Å²) in [5.41, 5.74) is 2.57. The average Bonchev–Trinajstić information content (AvgIpc) is 2.71. The number of halogens is 1. The Morgan fingerprint density at radius 3 is 2.41 bits per heavy atom. The van der Waals surface area contributed by atoms with Crippen molar-refractivity contribution >= 4 is 23.5 Å². The van der Waals surface area contributed by atoms with Gasteiger partial charge in [0.25, 0.3) is 0 Å². The van der Waals surface area contributed by atoms with Crippen molar-refractivity contribution in [3.05, 3.63) is 47.0 Å². The maximum Gasteiger partial charge on any atom is 0.414 e. The highest BCUT2D eigenvalue weighted by atomic mass is 35.5. The number of nitrogens with zero attached hydrogens (tertiary/aromatic N) is 1. The number of fused-ring (bicyclic) bond motifs is 5. The Balaban J connectivity index is 0.000000254. The third-order valence-electron chi connectivity index (χ3n) is 3.49. The fourth-order valence-corrected chi connectivity index (χ4v) is 2.80. The first-order valence-electron chi connectivity index (χ1n) is 6.66. The van der Waals surface area contributed by atoms with Gasteiger partial charge in [0.1, 0.15) is 0 Å². The molecule has 7 heteroatoms. The summed E-state index contributed by atoms with van der Waals surface area (Å²) in [6, 6.07) is 6.08. The molecule has 22 heavy (non-hydrogen) atoms. The Kier molecular flexibility index (Phi) is 5.18. The van der Waals surface area contributed by atoms with Crippen LogP contribution in [0.1, 0.15) is 23.3 Å². The Bertz CT molecular complexity index is 592. The summed E-state index contributed by atoms with van der Waals surface area (Å²) in [7, 11) is 0. The molecule has 0 aromatic heterocycles. The molecule has 6 nitrogen and oxygen atoms in total. The van der Waals surface area contributed by atoms with E-state index in [4.69, 9.17) is 36.1 Å². The number of rotatable bonds is 2. The van der Waals surface area contributed by atoms with Crippen LogP contribution in [0.3, 0.4) is 0 Å². The number of carbonyl (C=O) groups is 2. The summed E-state index contributed by atoms with van der Waals surface area (Å²) in [5, 5.41) is 15.6. The van der Waals surface area contributed by atoms with Crippen molar-refractivity contribution in [3.8, 4) is 0 Å². The highest BCUT2D eigenvalue weighted by Gasteiger charge is 2.38. The number of carboxylic acid groups (broad SMARTS) is 2. The molecular formula is C15H16ClNO5. The largest absolute Gasteiger partial charge is 0.473 e. The van der Waals surface area contributed by atoms with Gasteiger partial charge < -0.3 is 14.9 Å². The molecule has 3 rings (SSSR count). The molecule has 118 valence electrons. The van der Waals surface area contributed by atoms with E-state index < -0.39 is 11.9 Å². The van der Waals surface area contributed by atoms with E-state index >= 15 is 0 Å². The van der Waals surface area contributed by atoms with Crippen LogP contribution < -0.4 is 0 Å². The predicted molar refractivity (Wildman–Crippen MR) is 79.9 cm³/mol. The van der Waals surface area contributed by atoms with Crippen molar-refractivity contribution in [3.63, 3.8) is 0 Å². The number of hydrogen-bond acceptors (Lipinski definition) is 4. The van der Waals surface area contributed by atoms with Gasteiger partial charge in [-0.05, 0) is 23.3 Å². The molecule has 1 fully saturated rings. The van der Waals surface area contributed by atoms with Crippen LogP contribution in [-0.2, 0) is 14.3 Å². The van der Waals surface area contributed by atoms with Gasteiger partial charge >= 0.3 is 11.9 Å². The van der Waals surface area contributed by atoms with Gasteiger partial charge in [-0.2, -0.15) is 0 Å². The highest BCUT2D eigenvalue weighted by Crippen LogP contribution is 2.44. The van der Waals surface area contributed by atoms with Crippen molar-refractivity contribution in [2.24, 2.45) is 0 Å². The lowest BCUT2D eigenvalue weighted by Crippen LogP contribution is -2.36. The number of aliphatic carboxylic acids is 2. The van der Waals surface area contributed by atoms with E-state index in [0.717, 1.165) is 24.7 Å². The molecule has 1 saturated heterocycles. The van der Waals surface area contributed by atoms with Crippen molar-refractivity contribution in [2.75, 3.05) is 19.6 Å². The Labute approximate surface area is 132 Å². The second-order valence-electron chi connectivity index (χ2n) is 5.00. The van der Waals surface area contributed by atoms with Gasteiger partial charge in [-0.1, -0.05) is 23.7 Å². The third kappa shape index (κ3) is 3.65. The van der Waals surface area contributed by atoms with Crippen LogP contribution >= 0.6 is 11.6 Å². The molecule has 0 spiro atoms. The van der Waals surface area contributed by atoms with Gasteiger partial charge in [-0.25, -0.2) is 9.59 Å². The Hall–Kier alpha value is -1.89. The molecular weight excluding hydrogens is 310 g/mol. The summed E-state index contributed by atoms with van der Waals surface area (Å²) >= 11 is 6.03. The van der Waals surface area contributed by atoms with Crippen LogP contribution in [0.15, 0.2) is 30.9 Å². The summed E-state index contributed by atoms with van der Waals surface area (Å²) < 4.78 is 5.96. The monoisotopic (exact) mass is 325 g/mol. The SMILES string of the molecule is C=CCN1CC2OC(C1)c1cc(Cl)ccc12.O=C(O)C(=O)O. The lowest BCUT2D eigenvalue weighted by atomic mass is 10.0. The van der Waals surface area contributed by atoms with E-state index in [2.05, 4.69) is 17.5 Å². The molecule has 0 saturated carbocycles. The van der Waals surface area contributed by atoms with Gasteiger partial charge in [0.15, 0.2) is 0 Å². The molecule has 0 radical (unpaired) electrons. The minimum Gasteiger partial charge on any atom is -0.473 e. The van der Waals surface area contributed by atoms with Gasteiger partial charge in [-0.15, -0.1) is 6.58 Å². The van der Waals surface area contributed by atoms with Gasteiger partial charge in [0.2, 0.25) is 0 Å². The van der Waals surface area contributed by atoms with Gasteiger partial charge in [0, 0.05) is 24.7 Å². The normalized spacial score (nSPS) is 22.2. The predicted octanol–water partition coefficient (Wildman–Crippen LogP) is 2.11. The smallest absolute Gasteiger partial charge is 0.414 e. The Morgan fingerprint density at radius 1 is 1.27 bits per heavy atom. The molecule has 1 aromatic rings. The van der Waals surface area contributed by atoms with Crippen LogP contribution in [0, 0.1) is 0 Å². The zero-order valence-corrected chi connectivity index (χ0v) is 12.5. The zero-order chi connectivity index (χ0) is 16.3. The lowest BCUT2D eigenvalue weighted by molar-refractivity contribution is -0.159. The first-order chi connectivity index (χ1) is 10.4.